The molecule has 0 aliphatic carbocycles. The van der Waals surface area contributed by atoms with E-state index in [-0.39, 0.29) is 28.1 Å². The maximum Gasteiger partial charge on any atom is 0.260 e. The Bertz CT molecular complexity index is 963. The minimum atomic E-state index is -0.120. The van der Waals surface area contributed by atoms with Crippen LogP contribution in [0.4, 0.5) is 11.8 Å². The van der Waals surface area contributed by atoms with Gasteiger partial charge in [0.25, 0.3) is 5.91 Å². The Labute approximate surface area is 175 Å². The molecule has 2 aromatic heterocycles. The SMILES string of the molecule is CC1(C)CC(CN2C(=O)/C(=C\c3ccc[nH]3)c3c(Cl)nc(N)nc32)CC(C)(C)N1. The highest BCUT2D eigenvalue weighted by atomic mass is 35.5. The molecule has 154 valence electrons. The number of nitrogens with one attached hydrogen (secondary N) is 2. The molecule has 2 aromatic rings. The van der Waals surface area contributed by atoms with Crippen LogP contribution in [0, 0.1) is 5.92 Å². The van der Waals surface area contributed by atoms with Gasteiger partial charge in [0.05, 0.1) is 11.1 Å². The molecule has 4 rings (SSSR count). The Kier molecular flexibility index (Phi) is 4.70. The Morgan fingerprint density at radius 1 is 1.28 bits per heavy atom. The zero-order chi connectivity index (χ0) is 21.0. The van der Waals surface area contributed by atoms with E-state index >= 15 is 0 Å². The van der Waals surface area contributed by atoms with E-state index in [0.29, 0.717) is 29.4 Å². The van der Waals surface area contributed by atoms with Crippen LogP contribution in [0.25, 0.3) is 11.6 Å². The first kappa shape index (κ1) is 19.9. The van der Waals surface area contributed by atoms with Gasteiger partial charge in [0, 0.05) is 29.5 Å². The molecule has 1 amide bonds. The van der Waals surface area contributed by atoms with E-state index in [1.807, 2.05) is 18.3 Å². The molecule has 1 saturated heterocycles. The fraction of sp³-hybridized carbons (Fsp3) is 0.476. The lowest BCUT2D eigenvalue weighted by Crippen LogP contribution is -2.59. The zero-order valence-corrected chi connectivity index (χ0v) is 18.0. The second-order valence-electron chi connectivity index (χ2n) is 9.34. The third kappa shape index (κ3) is 3.89. The number of aromatic nitrogens is 3. The van der Waals surface area contributed by atoms with Gasteiger partial charge in [0.1, 0.15) is 5.15 Å². The molecule has 8 heteroatoms. The average Bonchev–Trinajstić information content (AvgIpc) is 3.15. The van der Waals surface area contributed by atoms with Crippen LogP contribution >= 0.6 is 11.6 Å². The predicted molar refractivity (Wildman–Crippen MR) is 116 cm³/mol. The van der Waals surface area contributed by atoms with Crippen molar-refractivity contribution in [2.24, 2.45) is 5.92 Å². The van der Waals surface area contributed by atoms with Crippen LogP contribution in [0.15, 0.2) is 18.3 Å². The van der Waals surface area contributed by atoms with E-state index in [0.717, 1.165) is 18.5 Å². The molecule has 1 fully saturated rings. The number of aromatic amines is 1. The minimum Gasteiger partial charge on any atom is -0.368 e. The highest BCUT2D eigenvalue weighted by Gasteiger charge is 2.42. The van der Waals surface area contributed by atoms with Crippen LogP contribution in [0.2, 0.25) is 5.15 Å². The first-order valence-corrected chi connectivity index (χ1v) is 10.2. The molecule has 0 saturated carbocycles. The van der Waals surface area contributed by atoms with Gasteiger partial charge in [-0.1, -0.05) is 11.6 Å². The normalized spacial score (nSPS) is 22.3. The Morgan fingerprint density at radius 3 is 2.59 bits per heavy atom. The number of carbonyl (C=O) groups is 1. The molecule has 29 heavy (non-hydrogen) atoms. The predicted octanol–water partition coefficient (Wildman–Crippen LogP) is 3.48. The maximum atomic E-state index is 13.4. The van der Waals surface area contributed by atoms with Gasteiger partial charge in [0.2, 0.25) is 5.95 Å². The van der Waals surface area contributed by atoms with Crippen LogP contribution in [0.1, 0.15) is 51.8 Å². The molecule has 0 radical (unpaired) electrons. The molecule has 0 atom stereocenters. The molecule has 7 nitrogen and oxygen atoms in total. The quantitative estimate of drug-likeness (QED) is 0.527. The number of rotatable bonds is 3. The van der Waals surface area contributed by atoms with Crippen LogP contribution in [0.3, 0.4) is 0 Å². The van der Waals surface area contributed by atoms with E-state index < -0.39 is 0 Å². The average molecular weight is 415 g/mol. The number of halogens is 1. The summed E-state index contributed by atoms with van der Waals surface area (Å²) in [7, 11) is 0. The zero-order valence-electron chi connectivity index (χ0n) is 17.2. The topological polar surface area (TPSA) is 99.9 Å². The largest absolute Gasteiger partial charge is 0.368 e. The van der Waals surface area contributed by atoms with Crippen molar-refractivity contribution in [3.63, 3.8) is 0 Å². The van der Waals surface area contributed by atoms with Gasteiger partial charge in [0.15, 0.2) is 5.82 Å². The van der Waals surface area contributed by atoms with E-state index in [4.69, 9.17) is 17.3 Å². The molecule has 0 spiro atoms. The van der Waals surface area contributed by atoms with Gasteiger partial charge >= 0.3 is 0 Å². The summed E-state index contributed by atoms with van der Waals surface area (Å²) >= 11 is 6.40. The standard InChI is InChI=1S/C21H27ClN6O/c1-20(2)9-12(10-21(3,4)27-20)11-28-17-15(16(22)25-19(23)26-17)14(18(28)29)8-13-6-5-7-24-13/h5-8,12,24,27H,9-11H2,1-4H3,(H2,23,25,26)/b14-8-. The number of piperidine rings is 1. The smallest absolute Gasteiger partial charge is 0.260 e. The number of hydrogen-bond acceptors (Lipinski definition) is 5. The van der Waals surface area contributed by atoms with Gasteiger partial charge in [-0.05, 0) is 64.7 Å². The molecule has 4 heterocycles. The molecule has 0 bridgehead atoms. The summed E-state index contributed by atoms with van der Waals surface area (Å²) in [5.41, 5.74) is 7.69. The molecular formula is C21H27ClN6O. The summed E-state index contributed by atoms with van der Waals surface area (Å²) in [4.78, 5) is 26.7. The summed E-state index contributed by atoms with van der Waals surface area (Å²) in [6.07, 6.45) is 5.52. The minimum absolute atomic E-state index is 0.0106. The summed E-state index contributed by atoms with van der Waals surface area (Å²) in [6.45, 7) is 9.38. The van der Waals surface area contributed by atoms with Gasteiger partial charge < -0.3 is 16.0 Å². The number of amides is 1. The summed E-state index contributed by atoms with van der Waals surface area (Å²) in [5.74, 6) is 0.765. The number of fused-ring (bicyclic) bond motifs is 1. The number of nitrogens with two attached hydrogens (primary N) is 1. The van der Waals surface area contributed by atoms with Crippen molar-refractivity contribution in [2.75, 3.05) is 17.2 Å². The van der Waals surface area contributed by atoms with Gasteiger partial charge in [-0.15, -0.1) is 0 Å². The Hall–Kier alpha value is -2.38. The van der Waals surface area contributed by atoms with Gasteiger partial charge in [-0.3, -0.25) is 9.69 Å². The Balaban J connectivity index is 1.73. The second-order valence-corrected chi connectivity index (χ2v) is 9.70. The molecule has 2 aliphatic heterocycles. The van der Waals surface area contributed by atoms with Crippen molar-refractivity contribution in [1.29, 1.82) is 0 Å². The molecule has 4 N–H and O–H groups in total. The lowest BCUT2D eigenvalue weighted by molar-refractivity contribution is -0.113. The highest BCUT2D eigenvalue weighted by molar-refractivity contribution is 6.41. The molecule has 2 aliphatic rings. The number of hydrogen-bond donors (Lipinski definition) is 3. The van der Waals surface area contributed by atoms with Crippen molar-refractivity contribution >= 4 is 40.9 Å². The fourth-order valence-corrected chi connectivity index (χ4v) is 5.30. The van der Waals surface area contributed by atoms with Crippen LogP contribution in [0.5, 0.6) is 0 Å². The Morgan fingerprint density at radius 2 is 1.97 bits per heavy atom. The highest BCUT2D eigenvalue weighted by Crippen LogP contribution is 2.42. The van der Waals surface area contributed by atoms with Crippen molar-refractivity contribution < 1.29 is 4.79 Å². The van der Waals surface area contributed by atoms with Crippen molar-refractivity contribution in [1.82, 2.24) is 20.3 Å². The van der Waals surface area contributed by atoms with Crippen molar-refractivity contribution in [3.05, 3.63) is 34.7 Å². The first-order chi connectivity index (χ1) is 13.5. The van der Waals surface area contributed by atoms with Gasteiger partial charge in [-0.2, -0.15) is 4.98 Å². The maximum absolute atomic E-state index is 13.4. The van der Waals surface area contributed by atoms with Crippen LogP contribution in [-0.4, -0.2) is 38.5 Å². The van der Waals surface area contributed by atoms with E-state index in [1.54, 1.807) is 11.0 Å². The van der Waals surface area contributed by atoms with Crippen LogP contribution in [-0.2, 0) is 4.79 Å². The van der Waals surface area contributed by atoms with Crippen LogP contribution < -0.4 is 16.0 Å². The first-order valence-electron chi connectivity index (χ1n) is 9.84. The van der Waals surface area contributed by atoms with E-state index in [1.165, 1.54) is 0 Å². The molecule has 0 unspecified atom stereocenters. The monoisotopic (exact) mass is 414 g/mol. The summed E-state index contributed by atoms with van der Waals surface area (Å²) < 4.78 is 0. The van der Waals surface area contributed by atoms with E-state index in [2.05, 4.69) is 48.0 Å². The van der Waals surface area contributed by atoms with Crippen molar-refractivity contribution in [3.8, 4) is 0 Å². The second kappa shape index (κ2) is 6.85. The third-order valence-electron chi connectivity index (χ3n) is 5.50. The van der Waals surface area contributed by atoms with Gasteiger partial charge in [-0.25, -0.2) is 4.98 Å². The fourth-order valence-electron chi connectivity index (χ4n) is 5.03. The van der Waals surface area contributed by atoms with E-state index in [9.17, 15) is 4.79 Å². The molecular weight excluding hydrogens is 388 g/mol. The summed E-state index contributed by atoms with van der Waals surface area (Å²) in [6, 6.07) is 3.78. The summed E-state index contributed by atoms with van der Waals surface area (Å²) in [5, 5.41) is 3.89. The van der Waals surface area contributed by atoms with Crippen molar-refractivity contribution in [2.45, 2.75) is 51.6 Å². The third-order valence-corrected chi connectivity index (χ3v) is 5.77. The number of carbonyl (C=O) groups excluding carboxylic acids is 1. The number of H-pyrrole nitrogens is 1. The number of nitrogen functional groups attached to an aromatic ring is 1. The number of nitrogens with zero attached hydrogens (tertiary/aromatic N) is 3. The molecule has 0 aromatic carbocycles. The lowest BCUT2D eigenvalue weighted by atomic mass is 9.76. The number of anilines is 2. The lowest BCUT2D eigenvalue weighted by Gasteiger charge is -2.47.